The van der Waals surface area contributed by atoms with E-state index in [2.05, 4.69) is 0 Å². The molecule has 0 saturated carbocycles. The Kier molecular flexibility index (Phi) is 4.20. The summed E-state index contributed by atoms with van der Waals surface area (Å²) in [6, 6.07) is 18.5. The summed E-state index contributed by atoms with van der Waals surface area (Å²) in [6.07, 6.45) is 0. The van der Waals surface area contributed by atoms with Crippen LogP contribution in [-0.4, -0.2) is 0 Å². The van der Waals surface area contributed by atoms with Gasteiger partial charge in [0.2, 0.25) is 0 Å². The van der Waals surface area contributed by atoms with E-state index in [1.807, 2.05) is 0 Å². The maximum absolute atomic E-state index is 13.6. The highest BCUT2D eigenvalue weighted by molar-refractivity contribution is 8.17. The van der Waals surface area contributed by atoms with Gasteiger partial charge in [-0.25, -0.2) is 13.2 Å². The van der Waals surface area contributed by atoms with E-state index in [0.717, 1.165) is 0 Å². The van der Waals surface area contributed by atoms with Crippen molar-refractivity contribution in [2.45, 2.75) is 14.7 Å². The van der Waals surface area contributed by atoms with Crippen molar-refractivity contribution < 1.29 is 13.2 Å². The number of benzene rings is 3. The van der Waals surface area contributed by atoms with Crippen LogP contribution in [0, 0.1) is 17.5 Å². The van der Waals surface area contributed by atoms with E-state index in [1.165, 1.54) is 36.4 Å². The zero-order chi connectivity index (χ0) is 15.5. The third kappa shape index (κ3) is 3.17. The second-order valence-corrected chi connectivity index (χ2v) is 7.00. The van der Waals surface area contributed by atoms with E-state index in [-0.39, 0.29) is 17.5 Å². The zero-order valence-electron chi connectivity index (χ0n) is 11.5. The molecular weight excluding hydrogens is 305 g/mol. The number of hydrogen-bond donors (Lipinski definition) is 1. The van der Waals surface area contributed by atoms with Crippen molar-refractivity contribution in [3.63, 3.8) is 0 Å². The van der Waals surface area contributed by atoms with Crippen LogP contribution in [0.4, 0.5) is 13.2 Å². The van der Waals surface area contributed by atoms with Crippen LogP contribution in [-0.2, 0) is 0 Å². The van der Waals surface area contributed by atoms with Crippen LogP contribution in [0.25, 0.3) is 0 Å². The van der Waals surface area contributed by atoms with Gasteiger partial charge in [0.25, 0.3) is 0 Å². The Bertz CT molecular complexity index is 693. The Morgan fingerprint density at radius 2 is 0.818 bits per heavy atom. The summed E-state index contributed by atoms with van der Waals surface area (Å²) >= 11 is 0. The summed E-state index contributed by atoms with van der Waals surface area (Å²) in [6.45, 7) is 0. The molecule has 0 nitrogen and oxygen atoms in total. The van der Waals surface area contributed by atoms with Gasteiger partial charge in [0.1, 0.15) is 17.5 Å². The summed E-state index contributed by atoms with van der Waals surface area (Å²) in [5.41, 5.74) is 0. The van der Waals surface area contributed by atoms with Gasteiger partial charge in [-0.05, 0) is 69.3 Å². The molecule has 0 aliphatic heterocycles. The predicted octanol–water partition coefficient (Wildman–Crippen LogP) is 5.58. The van der Waals surface area contributed by atoms with E-state index < -0.39 is 10.9 Å². The quantitative estimate of drug-likeness (QED) is 0.599. The van der Waals surface area contributed by atoms with Crippen molar-refractivity contribution >= 4 is 10.9 Å². The molecule has 0 amide bonds. The normalized spacial score (nSPS) is 11.3. The van der Waals surface area contributed by atoms with Crippen LogP contribution >= 0.6 is 10.9 Å². The van der Waals surface area contributed by atoms with E-state index in [1.54, 1.807) is 36.4 Å². The van der Waals surface area contributed by atoms with Gasteiger partial charge in [-0.15, -0.1) is 0 Å². The highest BCUT2D eigenvalue weighted by Gasteiger charge is 2.14. The van der Waals surface area contributed by atoms with E-state index >= 15 is 0 Å². The lowest BCUT2D eigenvalue weighted by atomic mass is 10.3. The molecular formula is C18H13F3S. The minimum Gasteiger partial charge on any atom is -0.207 e. The number of thiol groups is 1. The molecule has 3 rings (SSSR count). The highest BCUT2D eigenvalue weighted by atomic mass is 32.2. The summed E-state index contributed by atoms with van der Waals surface area (Å²) in [7, 11) is -1.21. The van der Waals surface area contributed by atoms with Crippen molar-refractivity contribution in [2.75, 3.05) is 0 Å². The summed E-state index contributed by atoms with van der Waals surface area (Å²) < 4.78 is 40.7. The fourth-order valence-electron chi connectivity index (χ4n) is 2.29. The smallest absolute Gasteiger partial charge is 0.124 e. The molecule has 0 spiro atoms. The maximum atomic E-state index is 13.6. The first kappa shape index (κ1) is 14.7. The Morgan fingerprint density at radius 3 is 1.09 bits per heavy atom. The first-order valence-corrected chi connectivity index (χ1v) is 8.04. The molecule has 0 radical (unpaired) electrons. The standard InChI is InChI=1S/C18H13F3S/c19-13-4-1-7-16(10-13)22(17-8-2-5-14(20)11-17)18-9-3-6-15(21)12-18/h1-12,22H. The Morgan fingerprint density at radius 1 is 0.500 bits per heavy atom. The SMILES string of the molecule is Fc1cccc([SH](c2cccc(F)c2)c2cccc(F)c2)c1. The Labute approximate surface area is 129 Å². The van der Waals surface area contributed by atoms with Crippen LogP contribution in [0.3, 0.4) is 0 Å². The monoisotopic (exact) mass is 318 g/mol. The lowest BCUT2D eigenvalue weighted by Gasteiger charge is -2.23. The average Bonchev–Trinajstić information content (AvgIpc) is 2.48. The summed E-state index contributed by atoms with van der Waals surface area (Å²) in [4.78, 5) is 2.14. The van der Waals surface area contributed by atoms with Crippen LogP contribution in [0.15, 0.2) is 87.5 Å². The minimum atomic E-state index is -1.21. The fourth-order valence-corrected chi connectivity index (χ4v) is 4.65. The largest absolute Gasteiger partial charge is 0.207 e. The van der Waals surface area contributed by atoms with E-state index in [0.29, 0.717) is 14.7 Å². The van der Waals surface area contributed by atoms with Gasteiger partial charge in [0, 0.05) is 0 Å². The van der Waals surface area contributed by atoms with Gasteiger partial charge in [-0.2, -0.15) is 10.9 Å². The van der Waals surface area contributed by atoms with Crippen LogP contribution < -0.4 is 0 Å². The molecule has 3 aromatic rings. The third-order valence-corrected chi connectivity index (χ3v) is 5.58. The van der Waals surface area contributed by atoms with Gasteiger partial charge in [-0.3, -0.25) is 0 Å². The highest BCUT2D eigenvalue weighted by Crippen LogP contribution is 2.51. The molecule has 22 heavy (non-hydrogen) atoms. The van der Waals surface area contributed by atoms with Crippen molar-refractivity contribution in [2.24, 2.45) is 0 Å². The van der Waals surface area contributed by atoms with Gasteiger partial charge < -0.3 is 0 Å². The molecule has 0 saturated heterocycles. The summed E-state index contributed by atoms with van der Waals surface area (Å²) in [5.74, 6) is -1.09. The second-order valence-electron chi connectivity index (χ2n) is 4.78. The molecule has 0 fully saturated rings. The second kappa shape index (κ2) is 6.28. The average molecular weight is 318 g/mol. The van der Waals surface area contributed by atoms with Crippen molar-refractivity contribution in [3.8, 4) is 0 Å². The molecule has 0 N–H and O–H groups in total. The first-order valence-electron chi connectivity index (χ1n) is 6.70. The molecule has 112 valence electrons. The van der Waals surface area contributed by atoms with Crippen LogP contribution in [0.1, 0.15) is 0 Å². The van der Waals surface area contributed by atoms with E-state index in [9.17, 15) is 13.2 Å². The first-order chi connectivity index (χ1) is 10.6. The van der Waals surface area contributed by atoms with Gasteiger partial charge in [0.05, 0.1) is 0 Å². The third-order valence-electron chi connectivity index (χ3n) is 3.20. The lowest BCUT2D eigenvalue weighted by molar-refractivity contribution is 0.623. The van der Waals surface area contributed by atoms with Crippen molar-refractivity contribution in [1.29, 1.82) is 0 Å². The minimum absolute atomic E-state index is 0.363. The number of hydrogen-bond acceptors (Lipinski definition) is 0. The molecule has 0 bridgehead atoms. The van der Waals surface area contributed by atoms with E-state index in [4.69, 9.17) is 0 Å². The Hall–Kier alpha value is -2.20. The molecule has 4 heteroatoms. The van der Waals surface area contributed by atoms with Crippen LogP contribution in [0.2, 0.25) is 0 Å². The maximum Gasteiger partial charge on any atom is 0.124 e. The molecule has 0 heterocycles. The Balaban J connectivity index is 2.18. The van der Waals surface area contributed by atoms with Gasteiger partial charge in [0.15, 0.2) is 0 Å². The van der Waals surface area contributed by atoms with Gasteiger partial charge >= 0.3 is 0 Å². The molecule has 3 aromatic carbocycles. The van der Waals surface area contributed by atoms with Crippen molar-refractivity contribution in [1.82, 2.24) is 0 Å². The predicted molar refractivity (Wildman–Crippen MR) is 83.0 cm³/mol. The lowest BCUT2D eigenvalue weighted by Crippen LogP contribution is -1.91. The molecule has 0 atom stereocenters. The zero-order valence-corrected chi connectivity index (χ0v) is 12.4. The molecule has 0 aliphatic carbocycles. The number of halogens is 3. The number of rotatable bonds is 3. The topological polar surface area (TPSA) is 0 Å². The molecule has 0 aliphatic rings. The van der Waals surface area contributed by atoms with Crippen molar-refractivity contribution in [3.05, 3.63) is 90.2 Å². The summed E-state index contributed by atoms with van der Waals surface area (Å²) in [5, 5.41) is 0. The molecule has 0 aromatic heterocycles. The molecule has 0 unspecified atom stereocenters. The van der Waals surface area contributed by atoms with Crippen LogP contribution in [0.5, 0.6) is 0 Å². The van der Waals surface area contributed by atoms with Gasteiger partial charge in [-0.1, -0.05) is 18.2 Å². The fraction of sp³-hybridized carbons (Fsp3) is 0.